The summed E-state index contributed by atoms with van der Waals surface area (Å²) in [6.45, 7) is 1.88. The van der Waals surface area contributed by atoms with Crippen LogP contribution in [0.5, 0.6) is 5.75 Å². The summed E-state index contributed by atoms with van der Waals surface area (Å²) in [6, 6.07) is 6.46. The lowest BCUT2D eigenvalue weighted by molar-refractivity contribution is 0.0937. The van der Waals surface area contributed by atoms with Crippen LogP contribution in [0.15, 0.2) is 24.3 Å². The van der Waals surface area contributed by atoms with E-state index in [9.17, 15) is 9.90 Å². The summed E-state index contributed by atoms with van der Waals surface area (Å²) in [6.07, 6.45) is 0.709. The third kappa shape index (κ3) is 3.44. The maximum absolute atomic E-state index is 11.6. The molecule has 0 aromatic heterocycles. The maximum atomic E-state index is 11.6. The zero-order valence-electron chi connectivity index (χ0n) is 8.53. The third-order valence-electron chi connectivity index (χ3n) is 2.07. The Balaban J connectivity index is 2.65. The van der Waals surface area contributed by atoms with Crippen molar-refractivity contribution >= 4 is 17.5 Å². The number of amides is 1. The Bertz CT molecular complexity index is 341. The monoisotopic (exact) mass is 227 g/mol. The van der Waals surface area contributed by atoms with E-state index >= 15 is 0 Å². The minimum Gasteiger partial charge on any atom is -0.507 e. The van der Waals surface area contributed by atoms with Crippen molar-refractivity contribution in [3.8, 4) is 5.75 Å². The van der Waals surface area contributed by atoms with Gasteiger partial charge in [-0.3, -0.25) is 4.79 Å². The van der Waals surface area contributed by atoms with Gasteiger partial charge in [-0.1, -0.05) is 12.1 Å². The number of phenolic OH excluding ortho intramolecular Hbond substituents is 1. The van der Waals surface area contributed by atoms with E-state index in [1.165, 1.54) is 6.07 Å². The Morgan fingerprint density at radius 2 is 2.20 bits per heavy atom. The molecule has 0 aliphatic rings. The number of hydrogen-bond donors (Lipinski definition) is 2. The van der Waals surface area contributed by atoms with Gasteiger partial charge in [0.1, 0.15) is 5.75 Å². The van der Waals surface area contributed by atoms with E-state index in [1.54, 1.807) is 18.2 Å². The molecule has 1 aromatic rings. The molecule has 15 heavy (non-hydrogen) atoms. The van der Waals surface area contributed by atoms with Gasteiger partial charge in [0.25, 0.3) is 5.91 Å². The highest BCUT2D eigenvalue weighted by Crippen LogP contribution is 2.15. The molecule has 0 fully saturated rings. The predicted octanol–water partition coefficient (Wildman–Crippen LogP) is 2.14. The van der Waals surface area contributed by atoms with Gasteiger partial charge in [0, 0.05) is 11.9 Å². The highest BCUT2D eigenvalue weighted by atomic mass is 35.5. The average molecular weight is 228 g/mol. The normalized spacial score (nSPS) is 12.1. The Morgan fingerprint density at radius 3 is 2.80 bits per heavy atom. The molecule has 0 spiro atoms. The van der Waals surface area contributed by atoms with Crippen molar-refractivity contribution in [1.82, 2.24) is 5.32 Å². The number of carbonyl (C=O) groups is 1. The Morgan fingerprint density at radius 1 is 1.53 bits per heavy atom. The standard InChI is InChI=1S/C11H14ClNO2/c1-8(6-7-12)13-11(15)9-4-2-3-5-10(9)14/h2-5,8,14H,6-7H2,1H3,(H,13,15). The molecule has 0 aliphatic heterocycles. The molecule has 1 unspecified atom stereocenters. The molecule has 1 aromatic carbocycles. The first-order chi connectivity index (χ1) is 7.15. The highest BCUT2D eigenvalue weighted by molar-refractivity contribution is 6.17. The molecule has 0 saturated carbocycles. The number of aromatic hydroxyl groups is 1. The number of phenols is 1. The fourth-order valence-corrected chi connectivity index (χ4v) is 1.53. The molecule has 3 nitrogen and oxygen atoms in total. The first kappa shape index (κ1) is 11.9. The smallest absolute Gasteiger partial charge is 0.255 e. The van der Waals surface area contributed by atoms with Crippen LogP contribution in [-0.4, -0.2) is 22.9 Å². The van der Waals surface area contributed by atoms with Crippen LogP contribution >= 0.6 is 11.6 Å². The molecule has 1 amide bonds. The zero-order valence-corrected chi connectivity index (χ0v) is 9.29. The zero-order chi connectivity index (χ0) is 11.3. The van der Waals surface area contributed by atoms with Gasteiger partial charge in [0.05, 0.1) is 5.56 Å². The third-order valence-corrected chi connectivity index (χ3v) is 2.29. The van der Waals surface area contributed by atoms with E-state index in [1.807, 2.05) is 6.92 Å². The van der Waals surface area contributed by atoms with Crippen molar-refractivity contribution in [2.24, 2.45) is 0 Å². The topological polar surface area (TPSA) is 49.3 Å². The van der Waals surface area contributed by atoms with E-state index < -0.39 is 0 Å². The van der Waals surface area contributed by atoms with Crippen molar-refractivity contribution in [2.45, 2.75) is 19.4 Å². The number of alkyl halides is 1. The Kier molecular flexibility index (Phi) is 4.43. The van der Waals surface area contributed by atoms with Crippen LogP contribution in [0, 0.1) is 0 Å². The second-order valence-corrected chi connectivity index (χ2v) is 3.75. The summed E-state index contributed by atoms with van der Waals surface area (Å²) >= 11 is 5.56. The van der Waals surface area contributed by atoms with Gasteiger partial charge >= 0.3 is 0 Å². The fraction of sp³-hybridized carbons (Fsp3) is 0.364. The van der Waals surface area contributed by atoms with Gasteiger partial charge < -0.3 is 10.4 Å². The number of para-hydroxylation sites is 1. The van der Waals surface area contributed by atoms with E-state index in [-0.39, 0.29) is 17.7 Å². The average Bonchev–Trinajstić information content (AvgIpc) is 2.18. The second kappa shape index (κ2) is 5.61. The van der Waals surface area contributed by atoms with Crippen LogP contribution in [0.4, 0.5) is 0 Å². The molecule has 0 saturated heterocycles. The fourth-order valence-electron chi connectivity index (χ4n) is 1.20. The predicted molar refractivity (Wildman–Crippen MR) is 60.4 cm³/mol. The summed E-state index contributed by atoms with van der Waals surface area (Å²) in [5, 5.41) is 12.2. The van der Waals surface area contributed by atoms with Crippen LogP contribution in [0.25, 0.3) is 0 Å². The van der Waals surface area contributed by atoms with Crippen LogP contribution < -0.4 is 5.32 Å². The molecular formula is C11H14ClNO2. The van der Waals surface area contributed by atoms with Crippen molar-refractivity contribution < 1.29 is 9.90 Å². The molecule has 82 valence electrons. The number of halogens is 1. The lowest BCUT2D eigenvalue weighted by atomic mass is 10.1. The second-order valence-electron chi connectivity index (χ2n) is 3.37. The Hall–Kier alpha value is -1.22. The van der Waals surface area contributed by atoms with Gasteiger partial charge in [-0.15, -0.1) is 11.6 Å². The SMILES string of the molecule is CC(CCCl)NC(=O)c1ccccc1O. The largest absolute Gasteiger partial charge is 0.507 e. The summed E-state index contributed by atoms with van der Waals surface area (Å²) < 4.78 is 0. The lowest BCUT2D eigenvalue weighted by Gasteiger charge is -2.12. The van der Waals surface area contributed by atoms with Gasteiger partial charge in [0.15, 0.2) is 0 Å². The maximum Gasteiger partial charge on any atom is 0.255 e. The Labute approximate surface area is 94.1 Å². The van der Waals surface area contributed by atoms with Crippen molar-refractivity contribution in [3.63, 3.8) is 0 Å². The first-order valence-electron chi connectivity index (χ1n) is 4.80. The molecule has 0 aliphatic carbocycles. The molecule has 2 N–H and O–H groups in total. The molecule has 4 heteroatoms. The van der Waals surface area contributed by atoms with Crippen LogP contribution in [0.1, 0.15) is 23.7 Å². The molecule has 1 rings (SSSR count). The highest BCUT2D eigenvalue weighted by Gasteiger charge is 2.12. The number of carbonyl (C=O) groups excluding carboxylic acids is 1. The molecule has 0 radical (unpaired) electrons. The van der Waals surface area contributed by atoms with E-state index in [0.717, 1.165) is 0 Å². The molecule has 0 heterocycles. The number of rotatable bonds is 4. The number of hydrogen-bond acceptors (Lipinski definition) is 2. The van der Waals surface area contributed by atoms with Gasteiger partial charge in [-0.25, -0.2) is 0 Å². The quantitative estimate of drug-likeness (QED) is 0.775. The first-order valence-corrected chi connectivity index (χ1v) is 5.33. The van der Waals surface area contributed by atoms with Crippen molar-refractivity contribution in [2.75, 3.05) is 5.88 Å². The summed E-state index contributed by atoms with van der Waals surface area (Å²) in [5.74, 6) is 0.223. The van der Waals surface area contributed by atoms with Crippen LogP contribution in [0.2, 0.25) is 0 Å². The number of benzene rings is 1. The van der Waals surface area contributed by atoms with Crippen molar-refractivity contribution in [1.29, 1.82) is 0 Å². The minimum absolute atomic E-state index is 0.00641. The van der Waals surface area contributed by atoms with Gasteiger partial charge in [-0.05, 0) is 25.5 Å². The minimum atomic E-state index is -0.272. The van der Waals surface area contributed by atoms with Gasteiger partial charge in [-0.2, -0.15) is 0 Å². The van der Waals surface area contributed by atoms with Gasteiger partial charge in [0.2, 0.25) is 0 Å². The lowest BCUT2D eigenvalue weighted by Crippen LogP contribution is -2.32. The summed E-state index contributed by atoms with van der Waals surface area (Å²) in [5.41, 5.74) is 0.291. The van der Waals surface area contributed by atoms with E-state index in [2.05, 4.69) is 5.32 Å². The summed E-state index contributed by atoms with van der Waals surface area (Å²) in [4.78, 5) is 11.6. The summed E-state index contributed by atoms with van der Waals surface area (Å²) in [7, 11) is 0. The molecular weight excluding hydrogens is 214 g/mol. The van der Waals surface area contributed by atoms with Crippen LogP contribution in [-0.2, 0) is 0 Å². The number of nitrogens with one attached hydrogen (secondary N) is 1. The van der Waals surface area contributed by atoms with E-state index in [4.69, 9.17) is 11.6 Å². The van der Waals surface area contributed by atoms with Crippen LogP contribution in [0.3, 0.4) is 0 Å². The molecule has 0 bridgehead atoms. The van der Waals surface area contributed by atoms with Crippen molar-refractivity contribution in [3.05, 3.63) is 29.8 Å². The van der Waals surface area contributed by atoms with E-state index in [0.29, 0.717) is 17.9 Å². The molecule has 1 atom stereocenters.